The molecule has 1 aromatic carbocycles. The zero-order valence-corrected chi connectivity index (χ0v) is 19.3. The van der Waals surface area contributed by atoms with Crippen LogP contribution in [0.25, 0.3) is 6.08 Å². The molecule has 1 N–H and O–H groups in total. The van der Waals surface area contributed by atoms with Crippen LogP contribution in [0.3, 0.4) is 0 Å². The third kappa shape index (κ3) is 2.60. The number of hydrogen-bond acceptors (Lipinski definition) is 6. The fraction of sp³-hybridized carbons (Fsp3) is 0.500. The Balaban J connectivity index is 1.43. The number of aliphatic hydroxyl groups is 1. The predicted molar refractivity (Wildman–Crippen MR) is 122 cm³/mol. The minimum atomic E-state index is -0.900. The Hall–Kier alpha value is -2.77. The Morgan fingerprint density at radius 3 is 2.94 bits per heavy atom. The van der Waals surface area contributed by atoms with Crippen molar-refractivity contribution in [3.05, 3.63) is 53.5 Å². The van der Waals surface area contributed by atoms with Crippen LogP contribution in [0.5, 0.6) is 11.5 Å². The van der Waals surface area contributed by atoms with Crippen LogP contribution in [0, 0.1) is 0 Å². The molecule has 1 spiro atoms. The first-order valence-electron chi connectivity index (χ1n) is 11.7. The van der Waals surface area contributed by atoms with E-state index in [2.05, 4.69) is 18.0 Å². The highest BCUT2D eigenvalue weighted by atomic mass is 16.5. The third-order valence-electron chi connectivity index (χ3n) is 8.71. The lowest BCUT2D eigenvalue weighted by molar-refractivity contribution is -0.195. The number of amides is 1. The Morgan fingerprint density at radius 1 is 1.33 bits per heavy atom. The first kappa shape index (κ1) is 20.8. The van der Waals surface area contributed by atoms with Crippen molar-refractivity contribution in [1.29, 1.82) is 0 Å². The lowest BCUT2D eigenvalue weighted by Gasteiger charge is -2.64. The molecule has 33 heavy (non-hydrogen) atoms. The van der Waals surface area contributed by atoms with E-state index in [4.69, 9.17) is 13.9 Å². The Kier molecular flexibility index (Phi) is 4.48. The number of hydrogen-bond donors (Lipinski definition) is 1. The Morgan fingerprint density at radius 2 is 2.18 bits per heavy atom. The van der Waals surface area contributed by atoms with E-state index in [-0.39, 0.29) is 24.1 Å². The van der Waals surface area contributed by atoms with Crippen molar-refractivity contribution in [3.63, 3.8) is 0 Å². The largest absolute Gasteiger partial charge is 0.493 e. The minimum absolute atomic E-state index is 0.0344. The van der Waals surface area contributed by atoms with Gasteiger partial charge in [-0.2, -0.15) is 0 Å². The highest BCUT2D eigenvalue weighted by Crippen LogP contribution is 2.65. The zero-order valence-electron chi connectivity index (χ0n) is 19.3. The number of likely N-dealkylation sites (N-methyl/N-ethyl adjacent to an activating group) is 2. The highest BCUT2D eigenvalue weighted by molar-refractivity contribution is 5.91. The SMILES string of the molecule is COc1ccc2c3c1O[C@H]1[C@@H](N(C)C(=O)/C=C/c4ccoc4)CC[C@@]4(O)[C@@H](C2)N(C)CC[C@]314. The molecule has 2 bridgehead atoms. The van der Waals surface area contributed by atoms with Gasteiger partial charge in [-0.3, -0.25) is 4.79 Å². The van der Waals surface area contributed by atoms with E-state index < -0.39 is 11.0 Å². The van der Waals surface area contributed by atoms with Gasteiger partial charge in [-0.15, -0.1) is 0 Å². The number of likely N-dealkylation sites (tertiary alicyclic amines) is 1. The lowest BCUT2D eigenvalue weighted by atomic mass is 9.48. The number of nitrogens with zero attached hydrogens (tertiary/aromatic N) is 2. The second-order valence-corrected chi connectivity index (χ2v) is 9.96. The fourth-order valence-corrected chi connectivity index (χ4v) is 7.09. The summed E-state index contributed by atoms with van der Waals surface area (Å²) >= 11 is 0. The smallest absolute Gasteiger partial charge is 0.246 e. The Bertz CT molecular complexity index is 1130. The molecule has 2 fully saturated rings. The molecule has 2 aliphatic heterocycles. The summed E-state index contributed by atoms with van der Waals surface area (Å²) in [5.74, 6) is 1.36. The highest BCUT2D eigenvalue weighted by Gasteiger charge is 2.73. The van der Waals surface area contributed by atoms with E-state index in [1.54, 1.807) is 36.7 Å². The summed E-state index contributed by atoms with van der Waals surface area (Å²) in [6.07, 6.45) is 9.10. The molecule has 4 aliphatic rings. The van der Waals surface area contributed by atoms with Gasteiger partial charge in [0.2, 0.25) is 5.91 Å². The second kappa shape index (κ2) is 7.11. The third-order valence-corrected chi connectivity index (χ3v) is 8.71. The number of rotatable bonds is 4. The van der Waals surface area contributed by atoms with Gasteiger partial charge in [-0.1, -0.05) is 6.07 Å². The molecule has 5 atom stereocenters. The summed E-state index contributed by atoms with van der Waals surface area (Å²) in [6, 6.07) is 5.79. The maximum absolute atomic E-state index is 13.1. The molecule has 7 nitrogen and oxygen atoms in total. The maximum Gasteiger partial charge on any atom is 0.246 e. The van der Waals surface area contributed by atoms with Gasteiger partial charge < -0.3 is 28.8 Å². The van der Waals surface area contributed by atoms with Crippen molar-refractivity contribution in [2.24, 2.45) is 0 Å². The second-order valence-electron chi connectivity index (χ2n) is 9.96. The average Bonchev–Trinajstić information content (AvgIpc) is 3.45. The Labute approximate surface area is 193 Å². The molecular weight excluding hydrogens is 420 g/mol. The maximum atomic E-state index is 13.1. The van der Waals surface area contributed by atoms with Crippen molar-refractivity contribution in [3.8, 4) is 11.5 Å². The number of ether oxygens (including phenoxy) is 2. The van der Waals surface area contributed by atoms with Crippen molar-refractivity contribution in [2.45, 2.75) is 54.9 Å². The fourth-order valence-electron chi connectivity index (χ4n) is 7.09. The zero-order chi connectivity index (χ0) is 23.0. The van der Waals surface area contributed by atoms with Gasteiger partial charge in [0, 0.05) is 30.3 Å². The predicted octanol–water partition coefficient (Wildman–Crippen LogP) is 2.61. The molecule has 3 heterocycles. The van der Waals surface area contributed by atoms with Crippen LogP contribution in [0.1, 0.15) is 36.0 Å². The molecule has 1 saturated heterocycles. The van der Waals surface area contributed by atoms with Gasteiger partial charge in [0.15, 0.2) is 11.5 Å². The van der Waals surface area contributed by atoms with Gasteiger partial charge in [-0.25, -0.2) is 0 Å². The van der Waals surface area contributed by atoms with Crippen LogP contribution in [0.4, 0.5) is 0 Å². The normalized spacial score (nSPS) is 34.1. The summed E-state index contributed by atoms with van der Waals surface area (Å²) < 4.78 is 17.5. The number of methoxy groups -OCH3 is 1. The van der Waals surface area contributed by atoms with Crippen LogP contribution in [-0.4, -0.2) is 72.4 Å². The molecular formula is C26H30N2O5. The van der Waals surface area contributed by atoms with Crippen LogP contribution in [0.2, 0.25) is 0 Å². The summed E-state index contributed by atoms with van der Waals surface area (Å²) in [5, 5.41) is 12.3. The minimum Gasteiger partial charge on any atom is -0.493 e. The molecule has 0 unspecified atom stereocenters. The number of carbonyl (C=O) groups is 1. The topological polar surface area (TPSA) is 75.4 Å². The van der Waals surface area contributed by atoms with E-state index in [0.29, 0.717) is 18.6 Å². The molecule has 1 saturated carbocycles. The summed E-state index contributed by atoms with van der Waals surface area (Å²) in [6.45, 7) is 0.883. The van der Waals surface area contributed by atoms with E-state index in [0.717, 1.165) is 36.3 Å². The number of carbonyl (C=O) groups excluding carboxylic acids is 1. The number of benzene rings is 1. The van der Waals surface area contributed by atoms with Gasteiger partial charge in [0.1, 0.15) is 6.10 Å². The van der Waals surface area contributed by atoms with E-state index in [1.807, 2.05) is 19.2 Å². The molecule has 1 aromatic heterocycles. The lowest BCUT2D eigenvalue weighted by Crippen LogP contribution is -2.77. The molecule has 7 heteroatoms. The van der Waals surface area contributed by atoms with Gasteiger partial charge >= 0.3 is 0 Å². The standard InChI is InChI=1S/C26H30N2O5/c1-27-12-11-25-22-17-5-6-19(31-3)23(22)33-24(25)18(8-10-26(25,30)20(27)14-17)28(2)21(29)7-4-16-9-13-32-15-16/h4-7,9,13,15,18,20,24,30H,8,10-12,14H2,1-3H3/b7-4+/t18-,20+,24-,25-,26+/m0/s1. The molecule has 0 radical (unpaired) electrons. The van der Waals surface area contributed by atoms with E-state index >= 15 is 0 Å². The summed E-state index contributed by atoms with van der Waals surface area (Å²) in [7, 11) is 5.60. The van der Waals surface area contributed by atoms with E-state index in [9.17, 15) is 9.90 Å². The monoisotopic (exact) mass is 450 g/mol. The first-order chi connectivity index (χ1) is 15.9. The van der Waals surface area contributed by atoms with Crippen LogP contribution in [-0.2, 0) is 16.6 Å². The molecule has 174 valence electrons. The number of furan rings is 1. The first-order valence-corrected chi connectivity index (χ1v) is 11.7. The van der Waals surface area contributed by atoms with Crippen molar-refractivity contribution >= 4 is 12.0 Å². The van der Waals surface area contributed by atoms with Crippen LogP contribution in [0.15, 0.2) is 41.2 Å². The quantitative estimate of drug-likeness (QED) is 0.722. The molecule has 6 rings (SSSR count). The van der Waals surface area contributed by atoms with Crippen molar-refractivity contribution in [1.82, 2.24) is 9.80 Å². The number of piperidine rings is 1. The molecule has 1 amide bonds. The van der Waals surface area contributed by atoms with Gasteiger partial charge in [0.05, 0.1) is 36.7 Å². The molecule has 2 aliphatic carbocycles. The van der Waals surface area contributed by atoms with Crippen LogP contribution >= 0.6 is 0 Å². The van der Waals surface area contributed by atoms with Gasteiger partial charge in [-0.05, 0) is 63.0 Å². The summed E-state index contributed by atoms with van der Waals surface area (Å²) in [5.41, 5.74) is 1.73. The summed E-state index contributed by atoms with van der Waals surface area (Å²) in [4.78, 5) is 17.2. The van der Waals surface area contributed by atoms with Crippen LogP contribution < -0.4 is 9.47 Å². The van der Waals surface area contributed by atoms with Gasteiger partial charge in [0.25, 0.3) is 0 Å². The molecule has 2 aromatic rings. The average molecular weight is 451 g/mol. The van der Waals surface area contributed by atoms with Crippen molar-refractivity contribution in [2.75, 3.05) is 27.7 Å². The van der Waals surface area contributed by atoms with Crippen molar-refractivity contribution < 1.29 is 23.8 Å². The van der Waals surface area contributed by atoms with E-state index in [1.165, 1.54) is 5.56 Å².